The number of nitro groups is 1. The molecule has 0 unspecified atom stereocenters. The molecule has 1 aliphatic rings. The molecule has 2 amide bonds. The third kappa shape index (κ3) is 2.91. The fourth-order valence-corrected chi connectivity index (χ4v) is 2.19. The fraction of sp³-hybridized carbons (Fsp3) is 0.308. The van der Waals surface area contributed by atoms with Crippen LogP contribution in [0.2, 0.25) is 0 Å². The molecule has 0 spiro atoms. The highest BCUT2D eigenvalue weighted by molar-refractivity contribution is 5.87. The number of methoxy groups -OCH3 is 2. The van der Waals surface area contributed by atoms with Crippen molar-refractivity contribution in [3.63, 3.8) is 0 Å². The average molecular weight is 323 g/mol. The maximum absolute atomic E-state index is 12.5. The average Bonchev–Trinajstić information content (AvgIpc) is 2.79. The highest BCUT2D eigenvalue weighted by atomic mass is 16.6. The second-order valence-corrected chi connectivity index (χ2v) is 4.51. The Bertz CT molecular complexity index is 844. The van der Waals surface area contributed by atoms with Crippen molar-refractivity contribution in [3.05, 3.63) is 39.0 Å². The van der Waals surface area contributed by atoms with Gasteiger partial charge in [-0.15, -0.1) is 0 Å². The van der Waals surface area contributed by atoms with Gasteiger partial charge in [0.05, 0.1) is 19.1 Å². The number of amides is 2. The van der Waals surface area contributed by atoms with Crippen LogP contribution >= 0.6 is 0 Å². The van der Waals surface area contributed by atoms with Crippen molar-refractivity contribution in [1.29, 1.82) is 0 Å². The third-order valence-corrected chi connectivity index (χ3v) is 3.24. The van der Waals surface area contributed by atoms with Crippen LogP contribution in [0.15, 0.2) is 18.2 Å². The molecule has 1 heterocycles. The van der Waals surface area contributed by atoms with E-state index in [9.17, 15) is 24.5 Å². The summed E-state index contributed by atoms with van der Waals surface area (Å²) in [5.41, 5.74) is -0.355. The third-order valence-electron chi connectivity index (χ3n) is 3.24. The summed E-state index contributed by atoms with van der Waals surface area (Å²) in [4.78, 5) is 45.9. The van der Waals surface area contributed by atoms with Crippen molar-refractivity contribution in [2.24, 2.45) is 0 Å². The molecule has 1 aromatic rings. The molecule has 0 N–H and O–H groups in total. The van der Waals surface area contributed by atoms with Crippen molar-refractivity contribution >= 4 is 23.7 Å². The highest BCUT2D eigenvalue weighted by Crippen LogP contribution is 2.01. The van der Waals surface area contributed by atoms with Crippen LogP contribution in [0, 0.1) is 10.1 Å². The van der Waals surface area contributed by atoms with Gasteiger partial charge in [-0.2, -0.15) is 4.79 Å². The Labute approximate surface area is 129 Å². The number of ether oxygens (including phenoxy) is 2. The summed E-state index contributed by atoms with van der Waals surface area (Å²) in [6.45, 7) is -0.938. The smallest absolute Gasteiger partial charge is 0.464 e. The number of carbonyl (C=O) groups excluding carboxylic acids is 3. The lowest BCUT2D eigenvalue weighted by Crippen LogP contribution is -2.41. The Balaban J connectivity index is 2.77. The van der Waals surface area contributed by atoms with Gasteiger partial charge in [-0.25, -0.2) is 9.59 Å². The monoisotopic (exact) mass is 323 g/mol. The van der Waals surface area contributed by atoms with Crippen LogP contribution in [0.4, 0.5) is 10.5 Å². The predicted molar refractivity (Wildman–Crippen MR) is 74.0 cm³/mol. The first kappa shape index (κ1) is 16.2. The number of para-hydroxylation sites is 1. The molecule has 0 atom stereocenters. The van der Waals surface area contributed by atoms with Crippen LogP contribution in [-0.4, -0.2) is 50.2 Å². The zero-order valence-corrected chi connectivity index (χ0v) is 12.3. The Morgan fingerprint density at radius 2 is 1.70 bits per heavy atom. The molecule has 23 heavy (non-hydrogen) atoms. The topological polar surface area (TPSA) is 119 Å². The van der Waals surface area contributed by atoms with Gasteiger partial charge < -0.3 is 9.47 Å². The zero-order chi connectivity index (χ0) is 17.1. The molecule has 2 rings (SSSR count). The summed E-state index contributed by atoms with van der Waals surface area (Å²) in [6, 6.07) is 3.29. The SMILES string of the molecule is COC(=O)C[N+]1=c2cccc([N+](=O)[O-])c2=[N+](CC(=O)OC)C1=O. The first-order valence-corrected chi connectivity index (χ1v) is 6.40. The van der Waals surface area contributed by atoms with Crippen molar-refractivity contribution in [1.82, 2.24) is 9.15 Å². The number of hydrogen-bond acceptors (Lipinski definition) is 7. The van der Waals surface area contributed by atoms with Gasteiger partial charge in [0.2, 0.25) is 0 Å². The minimum atomic E-state index is -0.748. The summed E-state index contributed by atoms with van der Waals surface area (Å²) in [7, 11) is 2.29. The van der Waals surface area contributed by atoms with Gasteiger partial charge >= 0.3 is 29.0 Å². The van der Waals surface area contributed by atoms with Crippen molar-refractivity contribution < 1.29 is 28.8 Å². The molecule has 0 aromatic heterocycles. The number of non-ortho nitro benzene ring substituents is 1. The number of hydrogen-bond donors (Lipinski definition) is 0. The lowest BCUT2D eigenvalue weighted by molar-refractivity contribution is -0.386. The van der Waals surface area contributed by atoms with Gasteiger partial charge in [0.1, 0.15) is 0 Å². The quantitative estimate of drug-likeness (QED) is 0.267. The number of esters is 2. The molecule has 0 bridgehead atoms. The van der Waals surface area contributed by atoms with Crippen LogP contribution in [0.25, 0.3) is 0 Å². The van der Waals surface area contributed by atoms with Crippen LogP contribution in [0.1, 0.15) is 0 Å². The maximum Gasteiger partial charge on any atom is 0.674 e. The van der Waals surface area contributed by atoms with E-state index in [1.165, 1.54) is 18.2 Å². The summed E-state index contributed by atoms with van der Waals surface area (Å²) >= 11 is 0. The maximum atomic E-state index is 12.5. The predicted octanol–water partition coefficient (Wildman–Crippen LogP) is -1.94. The Hall–Kier alpha value is -3.17. The van der Waals surface area contributed by atoms with E-state index in [1.54, 1.807) is 0 Å². The van der Waals surface area contributed by atoms with E-state index in [4.69, 9.17) is 0 Å². The molecule has 0 radical (unpaired) electrons. The lowest BCUT2D eigenvalue weighted by atomic mass is 10.3. The van der Waals surface area contributed by atoms with E-state index in [-0.39, 0.29) is 16.4 Å². The number of nitrogens with zero attached hydrogens (tertiary/aromatic N) is 3. The van der Waals surface area contributed by atoms with Crippen LogP contribution in [0.3, 0.4) is 0 Å². The van der Waals surface area contributed by atoms with E-state index in [0.717, 1.165) is 23.4 Å². The number of urea groups is 1. The Morgan fingerprint density at radius 3 is 2.22 bits per heavy atom. The molecule has 1 aromatic carbocycles. The standard InChI is InChI=1S/C13H13N3O7/c1-22-10(17)6-14-8-4-3-5-9(16(20)21)12(8)15(13(14)19)7-11(18)23-2/h3-5H,6-7H2,1-2H3/q+2. The normalized spacial score (nSPS) is 12.9. The van der Waals surface area contributed by atoms with Crippen LogP contribution in [-0.2, 0) is 19.1 Å². The number of benzene rings is 1. The van der Waals surface area contributed by atoms with E-state index in [2.05, 4.69) is 9.47 Å². The largest absolute Gasteiger partial charge is 0.674 e. The lowest BCUT2D eigenvalue weighted by Gasteiger charge is -1.94. The number of nitro benzene ring substituents is 1. The molecule has 1 aliphatic heterocycles. The van der Waals surface area contributed by atoms with E-state index in [0.29, 0.717) is 0 Å². The van der Waals surface area contributed by atoms with Gasteiger partial charge in [0.25, 0.3) is 18.4 Å². The molecule has 10 nitrogen and oxygen atoms in total. The highest BCUT2D eigenvalue weighted by Gasteiger charge is 2.46. The molecule has 10 heteroatoms. The van der Waals surface area contributed by atoms with Gasteiger partial charge in [-0.1, -0.05) is 9.15 Å². The van der Waals surface area contributed by atoms with Gasteiger partial charge in [0, 0.05) is 12.1 Å². The second kappa shape index (κ2) is 6.30. The molecular weight excluding hydrogens is 310 g/mol. The van der Waals surface area contributed by atoms with E-state index < -0.39 is 36.0 Å². The van der Waals surface area contributed by atoms with Crippen molar-refractivity contribution in [2.75, 3.05) is 27.3 Å². The molecular formula is C13H13N3O7+2. The second-order valence-electron chi connectivity index (χ2n) is 4.51. The fourth-order valence-electron chi connectivity index (χ4n) is 2.19. The van der Waals surface area contributed by atoms with E-state index >= 15 is 0 Å². The first-order valence-electron chi connectivity index (χ1n) is 6.40. The van der Waals surface area contributed by atoms with Gasteiger partial charge in [-0.05, 0) is 6.07 Å². The van der Waals surface area contributed by atoms with Crippen LogP contribution < -0.4 is 19.9 Å². The Kier molecular flexibility index (Phi) is 4.44. The summed E-state index contributed by atoms with van der Waals surface area (Å²) in [6.07, 6.45) is 0. The first-order chi connectivity index (χ1) is 10.9. The summed E-state index contributed by atoms with van der Waals surface area (Å²) < 4.78 is 10.9. The van der Waals surface area contributed by atoms with Gasteiger partial charge in [0.15, 0.2) is 0 Å². The van der Waals surface area contributed by atoms with Crippen molar-refractivity contribution in [3.8, 4) is 0 Å². The van der Waals surface area contributed by atoms with Crippen molar-refractivity contribution in [2.45, 2.75) is 0 Å². The molecule has 0 aliphatic carbocycles. The number of carbonyl (C=O) groups is 3. The molecule has 0 saturated heterocycles. The molecule has 0 fully saturated rings. The summed E-state index contributed by atoms with van der Waals surface area (Å²) in [5.74, 6) is -1.45. The minimum Gasteiger partial charge on any atom is -0.464 e. The number of fused-ring (bicyclic) bond motifs is 1. The van der Waals surface area contributed by atoms with Crippen LogP contribution in [0.5, 0.6) is 0 Å². The molecule has 120 valence electrons. The summed E-state index contributed by atoms with van der Waals surface area (Å²) in [5, 5.41) is 11.3. The van der Waals surface area contributed by atoms with Gasteiger partial charge in [-0.3, -0.25) is 10.1 Å². The number of rotatable bonds is 5. The van der Waals surface area contributed by atoms with E-state index in [1.807, 2.05) is 0 Å². The minimum absolute atomic E-state index is 0.0585. The Morgan fingerprint density at radius 1 is 1.13 bits per heavy atom. The zero-order valence-electron chi connectivity index (χ0n) is 12.3. The molecule has 0 saturated carbocycles.